The number of carbonyl (C=O) groups excluding carboxylic acids is 1. The van der Waals surface area contributed by atoms with Crippen LogP contribution in [-0.4, -0.2) is 65.6 Å². The number of aromatic nitrogens is 1. The highest BCUT2D eigenvalue weighted by atomic mass is 19.4. The summed E-state index contributed by atoms with van der Waals surface area (Å²) in [6, 6.07) is 9.45. The molecule has 0 bridgehead atoms. The zero-order valence-corrected chi connectivity index (χ0v) is 21.7. The molecule has 2 fully saturated rings. The van der Waals surface area contributed by atoms with Crippen LogP contribution in [0.4, 0.5) is 23.2 Å². The molecule has 3 aromatic rings. The Balaban J connectivity index is 1.08. The van der Waals surface area contributed by atoms with E-state index in [9.17, 15) is 22.4 Å². The summed E-state index contributed by atoms with van der Waals surface area (Å²) >= 11 is 0. The van der Waals surface area contributed by atoms with Gasteiger partial charge >= 0.3 is 6.18 Å². The van der Waals surface area contributed by atoms with Gasteiger partial charge in [-0.3, -0.25) is 14.6 Å². The van der Waals surface area contributed by atoms with Crippen molar-refractivity contribution in [1.29, 1.82) is 5.26 Å². The third kappa shape index (κ3) is 6.60. The lowest BCUT2D eigenvalue weighted by atomic mass is 9.92. The van der Waals surface area contributed by atoms with Crippen molar-refractivity contribution in [3.63, 3.8) is 0 Å². The number of nitrogens with zero attached hydrogens (tertiary/aromatic N) is 4. The highest BCUT2D eigenvalue weighted by Crippen LogP contribution is 2.34. The molecule has 5 rings (SSSR count). The molecule has 1 aliphatic carbocycles. The monoisotopic (exact) mass is 559 g/mol. The summed E-state index contributed by atoms with van der Waals surface area (Å²) in [5.41, 5.74) is -0.00780. The van der Waals surface area contributed by atoms with Crippen LogP contribution in [0.1, 0.15) is 42.7 Å². The quantitative estimate of drug-likeness (QED) is 0.307. The maximum Gasteiger partial charge on any atom is 0.417 e. The van der Waals surface area contributed by atoms with Gasteiger partial charge in [0.25, 0.3) is 0 Å². The van der Waals surface area contributed by atoms with Crippen molar-refractivity contribution in [3.8, 4) is 6.07 Å². The first kappa shape index (κ1) is 28.0. The van der Waals surface area contributed by atoms with E-state index in [4.69, 9.17) is 14.4 Å². The molecular weight excluding hydrogens is 530 g/mol. The number of ether oxygens (including phenoxy) is 1. The Bertz CT molecular complexity index is 1370. The van der Waals surface area contributed by atoms with Gasteiger partial charge in [0.05, 0.1) is 29.8 Å². The maximum absolute atomic E-state index is 13.4. The first-order valence-corrected chi connectivity index (χ1v) is 13.2. The van der Waals surface area contributed by atoms with Gasteiger partial charge in [-0.15, -0.1) is 0 Å². The second-order valence-electron chi connectivity index (χ2n) is 10.2. The van der Waals surface area contributed by atoms with Crippen molar-refractivity contribution in [2.75, 3.05) is 31.5 Å². The Morgan fingerprint density at radius 1 is 1.12 bits per heavy atom. The van der Waals surface area contributed by atoms with E-state index in [1.165, 1.54) is 24.3 Å². The molecule has 0 spiro atoms. The number of oxazole rings is 1. The molecule has 212 valence electrons. The zero-order valence-electron chi connectivity index (χ0n) is 21.7. The number of hydrogen-bond acceptors (Lipinski definition) is 8. The Hall–Kier alpha value is -3.53. The van der Waals surface area contributed by atoms with Crippen molar-refractivity contribution in [3.05, 3.63) is 59.2 Å². The Kier molecular flexibility index (Phi) is 8.35. The van der Waals surface area contributed by atoms with E-state index in [2.05, 4.69) is 15.2 Å². The molecule has 2 aromatic carbocycles. The molecule has 1 saturated carbocycles. The standard InChI is InChI=1S/C28H29F4N5O3/c29-19-2-8-25-24(13-19)35-26(40-25)16-36-9-11-37(12-10-36)27(17-38)39-22-6-4-20(5-7-22)34-21-3-1-18(15-33)23(14-21)28(30,31)32/h1-3,8,13-14,17,20,22,27,34H,4-7,9-12,16H2. The number of halogens is 4. The largest absolute Gasteiger partial charge is 0.439 e. The van der Waals surface area contributed by atoms with Crippen LogP contribution >= 0.6 is 0 Å². The van der Waals surface area contributed by atoms with Gasteiger partial charge in [0, 0.05) is 44.0 Å². The first-order valence-electron chi connectivity index (χ1n) is 13.2. The second kappa shape index (κ2) is 11.9. The van der Waals surface area contributed by atoms with Crippen molar-refractivity contribution in [1.82, 2.24) is 14.8 Å². The molecule has 40 heavy (non-hydrogen) atoms. The van der Waals surface area contributed by atoms with E-state index in [0.717, 1.165) is 12.4 Å². The van der Waals surface area contributed by atoms with Crippen LogP contribution in [0.25, 0.3) is 11.1 Å². The summed E-state index contributed by atoms with van der Waals surface area (Å²) in [6.45, 7) is 3.09. The van der Waals surface area contributed by atoms with Crippen LogP contribution < -0.4 is 5.32 Å². The number of hydrogen-bond donors (Lipinski definition) is 1. The number of carbonyl (C=O) groups is 1. The number of alkyl halides is 3. The van der Waals surface area contributed by atoms with Gasteiger partial charge in [0.1, 0.15) is 11.3 Å². The highest BCUT2D eigenvalue weighted by molar-refractivity contribution is 5.72. The zero-order chi connectivity index (χ0) is 28.3. The smallest absolute Gasteiger partial charge is 0.417 e. The predicted molar refractivity (Wildman–Crippen MR) is 138 cm³/mol. The number of anilines is 1. The molecule has 1 atom stereocenters. The molecule has 2 heterocycles. The number of rotatable bonds is 8. The number of fused-ring (bicyclic) bond motifs is 1. The second-order valence-corrected chi connectivity index (χ2v) is 10.2. The highest BCUT2D eigenvalue weighted by Gasteiger charge is 2.34. The summed E-state index contributed by atoms with van der Waals surface area (Å²) in [5.74, 6) is 0.148. The minimum Gasteiger partial charge on any atom is -0.439 e. The van der Waals surface area contributed by atoms with Crippen LogP contribution in [0.3, 0.4) is 0 Å². The molecular formula is C28H29F4N5O3. The number of aldehydes is 1. The third-order valence-electron chi connectivity index (χ3n) is 7.46. The topological polar surface area (TPSA) is 94.6 Å². The Labute approximate surface area is 228 Å². The van der Waals surface area contributed by atoms with Gasteiger partial charge in [-0.1, -0.05) is 0 Å². The van der Waals surface area contributed by atoms with Crippen LogP contribution in [0.2, 0.25) is 0 Å². The van der Waals surface area contributed by atoms with E-state index < -0.39 is 23.5 Å². The lowest BCUT2D eigenvalue weighted by molar-refractivity contribution is -0.146. The van der Waals surface area contributed by atoms with Gasteiger partial charge in [0.15, 0.2) is 18.1 Å². The third-order valence-corrected chi connectivity index (χ3v) is 7.46. The van der Waals surface area contributed by atoms with E-state index in [1.54, 1.807) is 12.1 Å². The van der Waals surface area contributed by atoms with Crippen LogP contribution in [0.15, 0.2) is 40.8 Å². The van der Waals surface area contributed by atoms with Gasteiger partial charge in [-0.25, -0.2) is 9.37 Å². The van der Waals surface area contributed by atoms with Gasteiger partial charge in [0.2, 0.25) is 5.89 Å². The number of nitriles is 1. The van der Waals surface area contributed by atoms with E-state index >= 15 is 0 Å². The van der Waals surface area contributed by atoms with E-state index in [-0.39, 0.29) is 18.0 Å². The molecule has 1 unspecified atom stereocenters. The van der Waals surface area contributed by atoms with Crippen molar-refractivity contribution < 1.29 is 31.5 Å². The minimum atomic E-state index is -4.60. The molecule has 1 saturated heterocycles. The lowest BCUT2D eigenvalue weighted by Gasteiger charge is -2.39. The fraction of sp³-hybridized carbons (Fsp3) is 0.464. The molecule has 1 aliphatic heterocycles. The fourth-order valence-electron chi connectivity index (χ4n) is 5.33. The Morgan fingerprint density at radius 2 is 1.88 bits per heavy atom. The minimum absolute atomic E-state index is 0.0320. The van der Waals surface area contributed by atoms with Crippen LogP contribution in [0, 0.1) is 17.1 Å². The van der Waals surface area contributed by atoms with Gasteiger partial charge in [-0.05, 0) is 56.0 Å². The lowest BCUT2D eigenvalue weighted by Crippen LogP contribution is -2.52. The van der Waals surface area contributed by atoms with Crippen molar-refractivity contribution in [2.45, 2.75) is 56.8 Å². The molecule has 8 nitrogen and oxygen atoms in total. The molecule has 0 radical (unpaired) electrons. The summed E-state index contributed by atoms with van der Waals surface area (Å²) < 4.78 is 65.1. The molecule has 12 heteroatoms. The SMILES string of the molecule is N#Cc1ccc(NC2CCC(OC(C=O)N3CCN(Cc4nc5cc(F)ccc5o4)CC3)CC2)cc1C(F)(F)F. The average molecular weight is 560 g/mol. The normalized spacial score (nSPS) is 21.7. The van der Waals surface area contributed by atoms with Crippen molar-refractivity contribution >= 4 is 23.1 Å². The molecule has 1 N–H and O–H groups in total. The number of nitrogens with one attached hydrogen (secondary N) is 1. The van der Waals surface area contributed by atoms with Crippen LogP contribution in [0.5, 0.6) is 0 Å². The summed E-state index contributed by atoms with van der Waals surface area (Å²) in [7, 11) is 0. The maximum atomic E-state index is 13.4. The van der Waals surface area contributed by atoms with Gasteiger partial charge < -0.3 is 14.5 Å². The van der Waals surface area contributed by atoms with Crippen LogP contribution in [-0.2, 0) is 22.3 Å². The molecule has 1 aromatic heterocycles. The average Bonchev–Trinajstić information content (AvgIpc) is 3.34. The first-order chi connectivity index (χ1) is 19.2. The van der Waals surface area contributed by atoms with E-state index in [1.807, 2.05) is 4.90 Å². The fourth-order valence-corrected chi connectivity index (χ4v) is 5.33. The Morgan fingerprint density at radius 3 is 2.55 bits per heavy atom. The van der Waals surface area contributed by atoms with Gasteiger partial charge in [-0.2, -0.15) is 18.4 Å². The summed E-state index contributed by atoms with van der Waals surface area (Å²) in [6.07, 6.45) is -1.89. The summed E-state index contributed by atoms with van der Waals surface area (Å²) in [4.78, 5) is 20.4. The van der Waals surface area contributed by atoms with Crippen molar-refractivity contribution in [2.24, 2.45) is 0 Å². The number of benzene rings is 2. The molecule has 0 amide bonds. The summed E-state index contributed by atoms with van der Waals surface area (Å²) in [5, 5.41) is 12.1. The molecule has 2 aliphatic rings. The predicted octanol–water partition coefficient (Wildman–Crippen LogP) is 4.94. The van der Waals surface area contributed by atoms with E-state index in [0.29, 0.717) is 81.1 Å². The number of piperazine rings is 1.